The van der Waals surface area contributed by atoms with Gasteiger partial charge in [-0.1, -0.05) is 73.0 Å². The average Bonchev–Trinajstić information content (AvgIpc) is 2.81. The van der Waals surface area contributed by atoms with Gasteiger partial charge in [-0.05, 0) is 111 Å². The van der Waals surface area contributed by atoms with Crippen molar-refractivity contribution < 1.29 is 0 Å². The molecule has 160 valence electrons. The predicted molar refractivity (Wildman–Crippen MR) is 131 cm³/mol. The zero-order valence-corrected chi connectivity index (χ0v) is 19.3. The molecule has 0 aromatic heterocycles. The van der Waals surface area contributed by atoms with Gasteiger partial charge in [-0.2, -0.15) is 0 Å². The van der Waals surface area contributed by atoms with Crippen molar-refractivity contribution in [2.24, 2.45) is 17.8 Å². The Kier molecular flexibility index (Phi) is 7.72. The molecule has 0 amide bonds. The van der Waals surface area contributed by atoms with E-state index >= 15 is 0 Å². The van der Waals surface area contributed by atoms with Crippen molar-refractivity contribution >= 4 is 11.6 Å². The van der Waals surface area contributed by atoms with Gasteiger partial charge in [0.15, 0.2) is 0 Å². The second-order valence-electron chi connectivity index (χ2n) is 9.67. The largest absolute Gasteiger partial charge is 0.0917 e. The van der Waals surface area contributed by atoms with Crippen molar-refractivity contribution in [2.45, 2.75) is 77.0 Å². The molecule has 2 saturated carbocycles. The second kappa shape index (κ2) is 10.7. The quantitative estimate of drug-likeness (QED) is 0.408. The van der Waals surface area contributed by atoms with Gasteiger partial charge in [0.2, 0.25) is 0 Å². The van der Waals surface area contributed by atoms with Crippen LogP contribution >= 0.6 is 11.6 Å². The second-order valence-corrected chi connectivity index (χ2v) is 10.1. The first-order valence-electron chi connectivity index (χ1n) is 12.2. The van der Waals surface area contributed by atoms with Crippen LogP contribution in [0.15, 0.2) is 60.7 Å². The molecule has 0 saturated heterocycles. The zero-order chi connectivity index (χ0) is 20.8. The molecule has 0 N–H and O–H groups in total. The van der Waals surface area contributed by atoms with Crippen LogP contribution in [0.5, 0.6) is 0 Å². The van der Waals surface area contributed by atoms with Crippen LogP contribution in [0, 0.1) is 17.8 Å². The molecular weight excluding hydrogens is 384 g/mol. The summed E-state index contributed by atoms with van der Waals surface area (Å²) in [6.07, 6.45) is 18.8. The molecule has 0 aliphatic heterocycles. The van der Waals surface area contributed by atoms with E-state index in [1.54, 1.807) is 5.56 Å². The highest BCUT2D eigenvalue weighted by atomic mass is 35.5. The van der Waals surface area contributed by atoms with Gasteiger partial charge in [-0.25, -0.2) is 0 Å². The summed E-state index contributed by atoms with van der Waals surface area (Å²) >= 11 is 6.02. The Morgan fingerprint density at radius 1 is 0.733 bits per heavy atom. The van der Waals surface area contributed by atoms with Crippen molar-refractivity contribution in [2.75, 3.05) is 0 Å². The Morgan fingerprint density at radius 3 is 1.83 bits per heavy atom. The van der Waals surface area contributed by atoms with E-state index < -0.39 is 0 Å². The summed E-state index contributed by atoms with van der Waals surface area (Å²) in [7, 11) is 0. The monoisotopic (exact) mass is 420 g/mol. The molecule has 1 heteroatoms. The molecule has 0 heterocycles. The number of hydrogen-bond donors (Lipinski definition) is 0. The third kappa shape index (κ3) is 5.58. The third-order valence-electron chi connectivity index (χ3n) is 7.87. The average molecular weight is 421 g/mol. The lowest BCUT2D eigenvalue weighted by atomic mass is 9.68. The minimum Gasteiger partial charge on any atom is -0.0917 e. The van der Waals surface area contributed by atoms with E-state index in [4.69, 9.17) is 11.6 Å². The lowest BCUT2D eigenvalue weighted by molar-refractivity contribution is 0.157. The molecule has 0 unspecified atom stereocenters. The molecule has 4 rings (SSSR count). The molecule has 2 aromatic carbocycles. The van der Waals surface area contributed by atoms with Crippen LogP contribution in [-0.2, 0) is 0 Å². The third-order valence-corrected chi connectivity index (χ3v) is 8.12. The zero-order valence-electron chi connectivity index (χ0n) is 18.5. The number of hydrogen-bond acceptors (Lipinski definition) is 0. The topological polar surface area (TPSA) is 0 Å². The Bertz CT molecular complexity index is 785. The minimum atomic E-state index is 0.762. The van der Waals surface area contributed by atoms with E-state index in [1.165, 1.54) is 75.3 Å². The first-order chi connectivity index (χ1) is 14.7. The molecule has 30 heavy (non-hydrogen) atoms. The summed E-state index contributed by atoms with van der Waals surface area (Å²) in [5, 5.41) is 0.800. The maximum atomic E-state index is 6.02. The Labute approximate surface area is 188 Å². The van der Waals surface area contributed by atoms with Crippen LogP contribution in [0.4, 0.5) is 0 Å². The fourth-order valence-electron chi connectivity index (χ4n) is 5.96. The van der Waals surface area contributed by atoms with E-state index in [-0.39, 0.29) is 0 Å². The van der Waals surface area contributed by atoms with Gasteiger partial charge in [0.05, 0.1) is 0 Å². The summed E-state index contributed by atoms with van der Waals surface area (Å²) in [6.45, 7) is 2.14. The molecule has 2 aliphatic rings. The van der Waals surface area contributed by atoms with Crippen molar-refractivity contribution in [3.8, 4) is 11.1 Å². The lowest BCUT2D eigenvalue weighted by Crippen LogP contribution is -2.25. The molecule has 0 spiro atoms. The molecule has 2 aliphatic carbocycles. The van der Waals surface area contributed by atoms with Gasteiger partial charge in [0.25, 0.3) is 0 Å². The highest BCUT2D eigenvalue weighted by Crippen LogP contribution is 2.44. The first-order valence-corrected chi connectivity index (χ1v) is 12.6. The van der Waals surface area contributed by atoms with E-state index in [0.717, 1.165) is 28.7 Å². The van der Waals surface area contributed by atoms with E-state index in [1.807, 2.05) is 12.1 Å². The highest BCUT2D eigenvalue weighted by Gasteiger charge is 2.31. The smallest absolute Gasteiger partial charge is 0.0406 e. The maximum Gasteiger partial charge on any atom is 0.0406 e. The highest BCUT2D eigenvalue weighted by molar-refractivity contribution is 6.30. The number of benzene rings is 2. The summed E-state index contributed by atoms with van der Waals surface area (Å²) in [4.78, 5) is 0. The van der Waals surface area contributed by atoms with Crippen LogP contribution in [0.25, 0.3) is 11.1 Å². The van der Waals surface area contributed by atoms with Gasteiger partial charge in [0, 0.05) is 5.02 Å². The fraction of sp³-hybridized carbons (Fsp3) is 0.517. The number of halogens is 1. The van der Waals surface area contributed by atoms with Gasteiger partial charge in [-0.15, -0.1) is 0 Å². The van der Waals surface area contributed by atoms with Gasteiger partial charge < -0.3 is 0 Å². The number of allylic oxidation sites excluding steroid dienone is 2. The van der Waals surface area contributed by atoms with Crippen LogP contribution in [0.2, 0.25) is 5.02 Å². The molecule has 0 bridgehead atoms. The van der Waals surface area contributed by atoms with E-state index in [9.17, 15) is 0 Å². The fourth-order valence-corrected chi connectivity index (χ4v) is 6.09. The summed E-state index contributed by atoms with van der Waals surface area (Å²) in [6, 6.07) is 17.5. The van der Waals surface area contributed by atoms with Gasteiger partial charge in [0.1, 0.15) is 0 Å². The minimum absolute atomic E-state index is 0.762. The number of rotatable bonds is 6. The molecule has 0 nitrogen and oxygen atoms in total. The van der Waals surface area contributed by atoms with E-state index in [0.29, 0.717) is 0 Å². The standard InChI is InChI=1S/C29H37Cl/c1-2-3-4-5-22-6-8-23(9-7-22)24-10-12-25(13-11-24)26-14-16-27(17-15-26)28-18-20-29(30)21-19-28/h2-3,14-25H,4-13H2,1H3/b3-2+/t22-,23-,24?,25?. The lowest BCUT2D eigenvalue weighted by Gasteiger charge is -2.38. The molecule has 2 fully saturated rings. The first kappa shape index (κ1) is 21.7. The van der Waals surface area contributed by atoms with Crippen molar-refractivity contribution in [1.82, 2.24) is 0 Å². The Hall–Kier alpha value is -1.53. The van der Waals surface area contributed by atoms with Crippen molar-refractivity contribution in [3.05, 3.63) is 71.3 Å². The summed E-state index contributed by atoms with van der Waals surface area (Å²) < 4.78 is 0. The summed E-state index contributed by atoms with van der Waals surface area (Å²) in [5.74, 6) is 3.76. The Balaban J connectivity index is 1.25. The van der Waals surface area contributed by atoms with Crippen molar-refractivity contribution in [1.29, 1.82) is 0 Å². The molecule has 0 radical (unpaired) electrons. The van der Waals surface area contributed by atoms with E-state index in [2.05, 4.69) is 55.5 Å². The van der Waals surface area contributed by atoms with Crippen LogP contribution in [0.3, 0.4) is 0 Å². The Morgan fingerprint density at radius 2 is 1.27 bits per heavy atom. The molecule has 2 aromatic rings. The molecular formula is C29H37Cl. The molecule has 0 atom stereocenters. The van der Waals surface area contributed by atoms with Crippen molar-refractivity contribution in [3.63, 3.8) is 0 Å². The predicted octanol–water partition coefficient (Wildman–Crippen LogP) is 9.44. The van der Waals surface area contributed by atoms with Crippen LogP contribution < -0.4 is 0 Å². The summed E-state index contributed by atoms with van der Waals surface area (Å²) in [5.41, 5.74) is 4.07. The SMILES string of the molecule is C/C=C/CC[C@H]1CC[C@H](C2CCC(c3ccc(-c4ccc(Cl)cc4)cc3)CC2)CC1. The van der Waals surface area contributed by atoms with Crippen LogP contribution in [-0.4, -0.2) is 0 Å². The van der Waals surface area contributed by atoms with Gasteiger partial charge >= 0.3 is 0 Å². The van der Waals surface area contributed by atoms with Crippen LogP contribution in [0.1, 0.15) is 82.6 Å². The normalized spacial score (nSPS) is 27.4. The maximum absolute atomic E-state index is 6.02. The van der Waals surface area contributed by atoms with Gasteiger partial charge in [-0.3, -0.25) is 0 Å².